The molecule has 0 saturated carbocycles. The van der Waals surface area contributed by atoms with Gasteiger partial charge in [-0.05, 0) is 56.0 Å². The molecule has 0 fully saturated rings. The Kier molecular flexibility index (Phi) is 7.19. The summed E-state index contributed by atoms with van der Waals surface area (Å²) >= 11 is 0. The van der Waals surface area contributed by atoms with Gasteiger partial charge in [-0.25, -0.2) is 4.98 Å². The quantitative estimate of drug-likeness (QED) is 0.380. The number of ether oxygens (including phenoxy) is 3. The zero-order valence-electron chi connectivity index (χ0n) is 21.9. The van der Waals surface area contributed by atoms with E-state index in [1.807, 2.05) is 54.1 Å². The Balaban J connectivity index is 1.45. The lowest BCUT2D eigenvalue weighted by atomic mass is 9.83. The van der Waals surface area contributed by atoms with Gasteiger partial charge in [0.1, 0.15) is 11.5 Å². The van der Waals surface area contributed by atoms with Gasteiger partial charge in [-0.3, -0.25) is 0 Å². The van der Waals surface area contributed by atoms with Crippen LogP contribution in [0.4, 0.5) is 0 Å². The predicted octanol–water partition coefficient (Wildman–Crippen LogP) is 5.08. The van der Waals surface area contributed by atoms with Crippen LogP contribution in [0.2, 0.25) is 0 Å². The van der Waals surface area contributed by atoms with E-state index in [1.54, 1.807) is 27.7 Å². The minimum absolute atomic E-state index is 0.642. The van der Waals surface area contributed by atoms with E-state index in [4.69, 9.17) is 19.0 Å². The van der Waals surface area contributed by atoms with Gasteiger partial charge in [0.25, 0.3) is 0 Å². The molecule has 0 saturated heterocycles. The van der Waals surface area contributed by atoms with Crippen molar-refractivity contribution >= 4 is 11.9 Å². The van der Waals surface area contributed by atoms with Crippen LogP contribution in [0.5, 0.6) is 11.5 Å². The summed E-state index contributed by atoms with van der Waals surface area (Å²) in [5.41, 5.74) is 4.58. The van der Waals surface area contributed by atoms with Crippen LogP contribution in [0.15, 0.2) is 60.2 Å². The molecule has 5 rings (SSSR count). The minimum Gasteiger partial charge on any atom is -0.496 e. The number of aryl methyl sites for hydroxylation is 1. The molecule has 2 aromatic carbocycles. The second-order valence-electron chi connectivity index (χ2n) is 9.35. The zero-order valence-corrected chi connectivity index (χ0v) is 21.9. The molecule has 0 N–H and O–H groups in total. The van der Waals surface area contributed by atoms with Gasteiger partial charge >= 0.3 is 0 Å². The third-order valence-corrected chi connectivity index (χ3v) is 7.07. The van der Waals surface area contributed by atoms with Crippen LogP contribution in [-0.2, 0) is 21.7 Å². The van der Waals surface area contributed by atoms with Crippen molar-refractivity contribution in [1.82, 2.24) is 14.5 Å². The Labute approximate surface area is 218 Å². The molecule has 1 aliphatic carbocycles. The summed E-state index contributed by atoms with van der Waals surface area (Å²) in [7, 11) is 5.14. The SMILES string of the molecule is COCCCN1C(C=Cc2ccc(-n3cnc(C)c3)c(OC)c2)=NOC12CCCc1c(OC)cccc12. The van der Waals surface area contributed by atoms with Crippen molar-refractivity contribution in [2.75, 3.05) is 34.5 Å². The highest BCUT2D eigenvalue weighted by Gasteiger charge is 2.49. The number of fused-ring (bicyclic) bond motifs is 2. The van der Waals surface area contributed by atoms with E-state index in [9.17, 15) is 0 Å². The van der Waals surface area contributed by atoms with E-state index in [0.717, 1.165) is 72.1 Å². The molecule has 3 aromatic rings. The molecule has 0 amide bonds. The van der Waals surface area contributed by atoms with Crippen LogP contribution < -0.4 is 9.47 Å². The van der Waals surface area contributed by atoms with Gasteiger partial charge in [0, 0.05) is 44.0 Å². The molecule has 1 spiro atoms. The van der Waals surface area contributed by atoms with Crippen molar-refractivity contribution in [1.29, 1.82) is 0 Å². The van der Waals surface area contributed by atoms with Crippen molar-refractivity contribution in [2.24, 2.45) is 5.16 Å². The number of imidazole rings is 1. The number of benzene rings is 2. The first-order valence-electron chi connectivity index (χ1n) is 12.7. The van der Waals surface area contributed by atoms with Crippen LogP contribution >= 0.6 is 0 Å². The van der Waals surface area contributed by atoms with Crippen LogP contribution in [0.1, 0.15) is 41.6 Å². The van der Waals surface area contributed by atoms with Crippen LogP contribution in [0.25, 0.3) is 11.8 Å². The second kappa shape index (κ2) is 10.7. The van der Waals surface area contributed by atoms with Crippen molar-refractivity contribution in [3.05, 3.63) is 77.4 Å². The van der Waals surface area contributed by atoms with E-state index in [1.165, 1.54) is 5.56 Å². The lowest BCUT2D eigenvalue weighted by Gasteiger charge is -2.41. The van der Waals surface area contributed by atoms with Gasteiger partial charge in [0.2, 0.25) is 5.72 Å². The standard InChI is InChI=1S/C29H34N4O4/c1-21-19-32(20-30-21)25-13-11-22(18-27(25)36-4)12-14-28-31-37-29(33(28)16-7-17-34-2)15-6-8-23-24(29)9-5-10-26(23)35-3/h5,9-14,18-20H,6-8,15-17H2,1-4H3. The molecule has 2 aliphatic rings. The first kappa shape index (κ1) is 24.9. The van der Waals surface area contributed by atoms with E-state index in [-0.39, 0.29) is 0 Å². The predicted molar refractivity (Wildman–Crippen MR) is 143 cm³/mol. The van der Waals surface area contributed by atoms with Gasteiger partial charge < -0.3 is 28.5 Å². The van der Waals surface area contributed by atoms with Gasteiger partial charge in [-0.2, -0.15) is 0 Å². The summed E-state index contributed by atoms with van der Waals surface area (Å²) in [5.74, 6) is 2.47. The Bertz CT molecular complexity index is 1310. The Morgan fingerprint density at radius 3 is 2.70 bits per heavy atom. The lowest BCUT2D eigenvalue weighted by Crippen LogP contribution is -2.48. The third kappa shape index (κ3) is 4.69. The average Bonchev–Trinajstić information content (AvgIpc) is 3.51. The fourth-order valence-corrected chi connectivity index (χ4v) is 5.32. The number of methoxy groups -OCH3 is 3. The number of nitrogens with zero attached hydrogens (tertiary/aromatic N) is 4. The van der Waals surface area contributed by atoms with Gasteiger partial charge in [-0.15, -0.1) is 0 Å². The molecule has 1 aliphatic heterocycles. The molecule has 0 radical (unpaired) electrons. The fraction of sp³-hybridized carbons (Fsp3) is 0.379. The number of aromatic nitrogens is 2. The maximum Gasteiger partial charge on any atom is 0.237 e. The normalized spacial score (nSPS) is 18.7. The summed E-state index contributed by atoms with van der Waals surface area (Å²) in [6, 6.07) is 12.3. The summed E-state index contributed by atoms with van der Waals surface area (Å²) in [6.07, 6.45) is 11.5. The van der Waals surface area contributed by atoms with E-state index < -0.39 is 5.72 Å². The highest BCUT2D eigenvalue weighted by molar-refractivity contribution is 5.97. The van der Waals surface area contributed by atoms with Crippen molar-refractivity contribution < 1.29 is 19.0 Å². The van der Waals surface area contributed by atoms with Gasteiger partial charge in [-0.1, -0.05) is 29.4 Å². The average molecular weight is 503 g/mol. The van der Waals surface area contributed by atoms with Crippen molar-refractivity contribution in [2.45, 2.75) is 38.3 Å². The number of hydrogen-bond acceptors (Lipinski definition) is 7. The summed E-state index contributed by atoms with van der Waals surface area (Å²) < 4.78 is 18.7. The number of hydrogen-bond donors (Lipinski definition) is 0. The van der Waals surface area contributed by atoms with Gasteiger partial charge in [0.15, 0.2) is 5.84 Å². The Morgan fingerprint density at radius 2 is 1.95 bits per heavy atom. The monoisotopic (exact) mass is 502 g/mol. The first-order valence-corrected chi connectivity index (χ1v) is 12.7. The Hall–Kier alpha value is -3.78. The molecular formula is C29H34N4O4. The molecule has 194 valence electrons. The maximum atomic E-state index is 6.31. The largest absolute Gasteiger partial charge is 0.496 e. The molecule has 2 heterocycles. The highest BCUT2D eigenvalue weighted by atomic mass is 16.7. The van der Waals surface area contributed by atoms with Crippen molar-refractivity contribution in [3.63, 3.8) is 0 Å². The molecule has 8 nitrogen and oxygen atoms in total. The topological polar surface area (TPSA) is 70.3 Å². The Morgan fingerprint density at radius 1 is 1.08 bits per heavy atom. The molecule has 37 heavy (non-hydrogen) atoms. The van der Waals surface area contributed by atoms with E-state index >= 15 is 0 Å². The molecule has 1 aromatic heterocycles. The smallest absolute Gasteiger partial charge is 0.237 e. The lowest BCUT2D eigenvalue weighted by molar-refractivity contribution is -0.118. The summed E-state index contributed by atoms with van der Waals surface area (Å²) in [5, 5.41) is 4.58. The molecule has 1 atom stereocenters. The first-order chi connectivity index (χ1) is 18.1. The second-order valence-corrected chi connectivity index (χ2v) is 9.35. The number of oxime groups is 1. The summed E-state index contributed by atoms with van der Waals surface area (Å²) in [4.78, 5) is 12.9. The zero-order chi connectivity index (χ0) is 25.8. The molecule has 8 heteroatoms. The van der Waals surface area contributed by atoms with Crippen molar-refractivity contribution in [3.8, 4) is 17.2 Å². The number of amidine groups is 1. The molecule has 1 unspecified atom stereocenters. The van der Waals surface area contributed by atoms with Crippen LogP contribution in [0, 0.1) is 6.92 Å². The van der Waals surface area contributed by atoms with Gasteiger partial charge in [0.05, 0.1) is 31.9 Å². The third-order valence-electron chi connectivity index (χ3n) is 7.07. The van der Waals surface area contributed by atoms with Crippen LogP contribution in [0.3, 0.4) is 0 Å². The van der Waals surface area contributed by atoms with E-state index in [0.29, 0.717) is 6.61 Å². The summed E-state index contributed by atoms with van der Waals surface area (Å²) in [6.45, 7) is 3.40. The minimum atomic E-state index is -0.642. The van der Waals surface area contributed by atoms with E-state index in [2.05, 4.69) is 27.2 Å². The van der Waals surface area contributed by atoms with Crippen LogP contribution in [-0.4, -0.2) is 54.8 Å². The number of rotatable bonds is 9. The molecule has 0 bridgehead atoms. The highest BCUT2D eigenvalue weighted by Crippen LogP contribution is 2.47. The maximum absolute atomic E-state index is 6.31. The fourth-order valence-electron chi connectivity index (χ4n) is 5.32. The molecular weight excluding hydrogens is 468 g/mol.